The molecule has 0 aliphatic rings. The summed E-state index contributed by atoms with van der Waals surface area (Å²) in [7, 11) is 1.56. The predicted octanol–water partition coefficient (Wildman–Crippen LogP) is 2.40. The van der Waals surface area contributed by atoms with Gasteiger partial charge in [-0.25, -0.2) is 4.98 Å². The number of aromatic nitrogens is 1. The van der Waals surface area contributed by atoms with Crippen LogP contribution >= 0.6 is 0 Å². The third-order valence-corrected chi connectivity index (χ3v) is 3.06. The Labute approximate surface area is 130 Å². The second-order valence-electron chi connectivity index (χ2n) is 5.10. The van der Waals surface area contributed by atoms with Gasteiger partial charge < -0.3 is 14.8 Å². The summed E-state index contributed by atoms with van der Waals surface area (Å²) >= 11 is 0. The van der Waals surface area contributed by atoms with Gasteiger partial charge in [-0.1, -0.05) is 12.1 Å². The van der Waals surface area contributed by atoms with Crippen molar-refractivity contribution >= 4 is 5.91 Å². The molecule has 0 aliphatic heterocycles. The third kappa shape index (κ3) is 4.77. The number of rotatable bonds is 6. The van der Waals surface area contributed by atoms with E-state index in [4.69, 9.17) is 9.47 Å². The monoisotopic (exact) mass is 300 g/mol. The molecule has 1 aromatic carbocycles. The molecule has 0 saturated carbocycles. The number of ether oxygens (including phenoxy) is 2. The van der Waals surface area contributed by atoms with E-state index in [0.717, 1.165) is 16.7 Å². The molecule has 0 bridgehead atoms. The lowest BCUT2D eigenvalue weighted by molar-refractivity contribution is -0.123. The van der Waals surface area contributed by atoms with Gasteiger partial charge in [0, 0.05) is 18.8 Å². The van der Waals surface area contributed by atoms with Gasteiger partial charge in [0.2, 0.25) is 5.88 Å². The van der Waals surface area contributed by atoms with Crippen LogP contribution in [0.4, 0.5) is 0 Å². The number of aryl methyl sites for hydroxylation is 2. The number of carbonyl (C=O) groups is 1. The Kier molecular flexibility index (Phi) is 5.36. The van der Waals surface area contributed by atoms with Crippen LogP contribution in [0.1, 0.15) is 16.7 Å². The lowest BCUT2D eigenvalue weighted by atomic mass is 10.1. The van der Waals surface area contributed by atoms with Crippen molar-refractivity contribution in [2.24, 2.45) is 0 Å². The van der Waals surface area contributed by atoms with E-state index in [-0.39, 0.29) is 12.5 Å². The van der Waals surface area contributed by atoms with E-state index >= 15 is 0 Å². The Morgan fingerprint density at radius 3 is 2.50 bits per heavy atom. The highest BCUT2D eigenvalue weighted by Gasteiger charge is 2.04. The van der Waals surface area contributed by atoms with Crippen LogP contribution in [-0.2, 0) is 11.3 Å². The highest BCUT2D eigenvalue weighted by Crippen LogP contribution is 2.15. The van der Waals surface area contributed by atoms with Gasteiger partial charge in [0.1, 0.15) is 5.75 Å². The molecule has 0 atom stereocenters. The fraction of sp³-hybridized carbons (Fsp3) is 0.294. The van der Waals surface area contributed by atoms with Gasteiger partial charge in [-0.05, 0) is 42.7 Å². The largest absolute Gasteiger partial charge is 0.484 e. The minimum Gasteiger partial charge on any atom is -0.484 e. The standard InChI is InChI=1S/C17H20N2O3/c1-12-6-13(2)8-15(7-12)22-11-16(20)18-9-14-4-5-17(21-3)19-10-14/h4-8,10H,9,11H2,1-3H3,(H,18,20). The van der Waals surface area contributed by atoms with Crippen LogP contribution in [0.3, 0.4) is 0 Å². The minimum absolute atomic E-state index is 0.00746. The zero-order valence-corrected chi connectivity index (χ0v) is 13.1. The Morgan fingerprint density at radius 1 is 1.18 bits per heavy atom. The zero-order chi connectivity index (χ0) is 15.9. The van der Waals surface area contributed by atoms with Crippen LogP contribution in [0.15, 0.2) is 36.5 Å². The van der Waals surface area contributed by atoms with Gasteiger partial charge >= 0.3 is 0 Å². The van der Waals surface area contributed by atoms with Crippen molar-refractivity contribution in [2.45, 2.75) is 20.4 Å². The molecule has 5 nitrogen and oxygen atoms in total. The van der Waals surface area contributed by atoms with E-state index in [1.807, 2.05) is 32.0 Å². The molecule has 1 aromatic heterocycles. The number of benzene rings is 1. The van der Waals surface area contributed by atoms with E-state index in [1.165, 1.54) is 0 Å². The second-order valence-corrected chi connectivity index (χ2v) is 5.10. The lowest BCUT2D eigenvalue weighted by Crippen LogP contribution is -2.28. The molecule has 116 valence electrons. The third-order valence-electron chi connectivity index (χ3n) is 3.06. The van der Waals surface area contributed by atoms with Gasteiger partial charge in [-0.15, -0.1) is 0 Å². The smallest absolute Gasteiger partial charge is 0.258 e. The minimum atomic E-state index is -0.171. The number of methoxy groups -OCH3 is 1. The number of amides is 1. The first kappa shape index (κ1) is 15.8. The Bertz CT molecular complexity index is 619. The van der Waals surface area contributed by atoms with Crippen molar-refractivity contribution in [2.75, 3.05) is 13.7 Å². The van der Waals surface area contributed by atoms with Gasteiger partial charge in [0.25, 0.3) is 5.91 Å². The zero-order valence-electron chi connectivity index (χ0n) is 13.1. The molecular weight excluding hydrogens is 280 g/mol. The fourth-order valence-electron chi connectivity index (χ4n) is 2.05. The first-order valence-electron chi connectivity index (χ1n) is 7.03. The van der Waals surface area contributed by atoms with Crippen molar-refractivity contribution in [3.8, 4) is 11.6 Å². The number of nitrogens with zero attached hydrogens (tertiary/aromatic N) is 1. The molecule has 22 heavy (non-hydrogen) atoms. The summed E-state index contributed by atoms with van der Waals surface area (Å²) in [6.45, 7) is 4.39. The molecule has 0 radical (unpaired) electrons. The van der Waals surface area contributed by atoms with Crippen LogP contribution in [0.25, 0.3) is 0 Å². The number of pyridine rings is 1. The van der Waals surface area contributed by atoms with Crippen LogP contribution < -0.4 is 14.8 Å². The quantitative estimate of drug-likeness (QED) is 0.890. The average Bonchev–Trinajstić information content (AvgIpc) is 2.50. The maximum atomic E-state index is 11.8. The molecule has 0 saturated heterocycles. The second kappa shape index (κ2) is 7.45. The van der Waals surface area contributed by atoms with E-state index in [2.05, 4.69) is 16.4 Å². The van der Waals surface area contributed by atoms with Crippen molar-refractivity contribution in [1.29, 1.82) is 0 Å². The van der Waals surface area contributed by atoms with Crippen LogP contribution in [0.2, 0.25) is 0 Å². The van der Waals surface area contributed by atoms with Crippen LogP contribution in [-0.4, -0.2) is 24.6 Å². The molecular formula is C17H20N2O3. The van der Waals surface area contributed by atoms with Gasteiger partial charge in [0.15, 0.2) is 6.61 Å². The highest BCUT2D eigenvalue weighted by molar-refractivity contribution is 5.77. The van der Waals surface area contributed by atoms with Gasteiger partial charge in [-0.2, -0.15) is 0 Å². The maximum absolute atomic E-state index is 11.8. The van der Waals surface area contributed by atoms with Gasteiger partial charge in [-0.3, -0.25) is 4.79 Å². The molecule has 1 N–H and O–H groups in total. The first-order valence-corrected chi connectivity index (χ1v) is 7.03. The summed E-state index contributed by atoms with van der Waals surface area (Å²) < 4.78 is 10.5. The average molecular weight is 300 g/mol. The van der Waals surface area contributed by atoms with E-state index in [1.54, 1.807) is 19.4 Å². The molecule has 0 unspecified atom stereocenters. The molecule has 2 rings (SSSR count). The Balaban J connectivity index is 1.80. The normalized spacial score (nSPS) is 10.1. The summed E-state index contributed by atoms with van der Waals surface area (Å²) in [5.41, 5.74) is 3.12. The van der Waals surface area contributed by atoms with E-state index in [0.29, 0.717) is 18.2 Å². The summed E-state index contributed by atoms with van der Waals surface area (Å²) in [4.78, 5) is 15.9. The predicted molar refractivity (Wildman–Crippen MR) is 84.0 cm³/mol. The van der Waals surface area contributed by atoms with E-state index in [9.17, 15) is 4.79 Å². The molecule has 5 heteroatoms. The molecule has 1 amide bonds. The molecule has 1 heterocycles. The number of nitrogens with one attached hydrogen (secondary N) is 1. The van der Waals surface area contributed by atoms with Gasteiger partial charge in [0.05, 0.1) is 7.11 Å². The maximum Gasteiger partial charge on any atom is 0.258 e. The SMILES string of the molecule is COc1ccc(CNC(=O)COc2cc(C)cc(C)c2)cn1. The summed E-state index contributed by atoms with van der Waals surface area (Å²) in [6.07, 6.45) is 1.67. The van der Waals surface area contributed by atoms with Crippen LogP contribution in [0, 0.1) is 13.8 Å². The van der Waals surface area contributed by atoms with E-state index < -0.39 is 0 Å². The Morgan fingerprint density at radius 2 is 1.91 bits per heavy atom. The molecule has 2 aromatic rings. The molecule has 0 aliphatic carbocycles. The Hall–Kier alpha value is -2.56. The lowest BCUT2D eigenvalue weighted by Gasteiger charge is -2.09. The van der Waals surface area contributed by atoms with Crippen LogP contribution in [0.5, 0.6) is 11.6 Å². The first-order chi connectivity index (χ1) is 10.6. The summed E-state index contributed by atoms with van der Waals surface area (Å²) in [5, 5.41) is 2.79. The number of hydrogen-bond donors (Lipinski definition) is 1. The summed E-state index contributed by atoms with van der Waals surface area (Å²) in [5.74, 6) is 1.09. The van der Waals surface area contributed by atoms with Crippen molar-refractivity contribution in [3.05, 3.63) is 53.2 Å². The number of hydrogen-bond acceptors (Lipinski definition) is 4. The topological polar surface area (TPSA) is 60.5 Å². The summed E-state index contributed by atoms with van der Waals surface area (Å²) in [6, 6.07) is 9.50. The molecule has 0 spiro atoms. The van der Waals surface area contributed by atoms with Crippen molar-refractivity contribution < 1.29 is 14.3 Å². The van der Waals surface area contributed by atoms with Crippen molar-refractivity contribution in [1.82, 2.24) is 10.3 Å². The van der Waals surface area contributed by atoms with Crippen molar-refractivity contribution in [3.63, 3.8) is 0 Å². The molecule has 0 fully saturated rings. The number of carbonyl (C=O) groups excluding carboxylic acids is 1. The highest BCUT2D eigenvalue weighted by atomic mass is 16.5. The fourth-order valence-corrected chi connectivity index (χ4v) is 2.05.